The lowest BCUT2D eigenvalue weighted by molar-refractivity contribution is -0.123. The summed E-state index contributed by atoms with van der Waals surface area (Å²) in [6, 6.07) is 1.88. The molecule has 0 unspecified atom stereocenters. The summed E-state index contributed by atoms with van der Waals surface area (Å²) >= 11 is 0. The van der Waals surface area contributed by atoms with Gasteiger partial charge >= 0.3 is 0 Å². The van der Waals surface area contributed by atoms with E-state index < -0.39 is 10.0 Å². The van der Waals surface area contributed by atoms with Gasteiger partial charge in [0.15, 0.2) is 0 Å². The zero-order valence-corrected chi connectivity index (χ0v) is 10.8. The topological polar surface area (TPSA) is 87.0 Å². The molecular formula is C11H18N2O3S. The van der Waals surface area contributed by atoms with Gasteiger partial charge in [0.2, 0.25) is 10.0 Å². The molecule has 1 aliphatic rings. The Balaban J connectivity index is 2.31. The molecule has 0 aliphatic heterocycles. The van der Waals surface area contributed by atoms with Gasteiger partial charge in [0, 0.05) is 12.5 Å². The van der Waals surface area contributed by atoms with Crippen LogP contribution in [-0.4, -0.2) is 27.0 Å². The van der Waals surface area contributed by atoms with E-state index in [1.54, 1.807) is 0 Å². The molecule has 0 saturated heterocycles. The highest BCUT2D eigenvalue weighted by Gasteiger charge is 2.26. The number of Topliss-reactive ketones (excluding diaryl/α,β-unsaturated/α-hetero) is 1. The molecule has 1 saturated carbocycles. The van der Waals surface area contributed by atoms with Crippen LogP contribution in [0.4, 0.5) is 0 Å². The molecule has 0 aromatic carbocycles. The Labute approximate surface area is 102 Å². The molecule has 5 nitrogen and oxygen atoms in total. The number of rotatable bonds is 5. The van der Waals surface area contributed by atoms with Crippen molar-refractivity contribution < 1.29 is 13.2 Å². The number of nitrogens with one attached hydrogen (secondary N) is 1. The first kappa shape index (κ1) is 14.1. The van der Waals surface area contributed by atoms with Gasteiger partial charge in [-0.2, -0.15) is 5.26 Å². The van der Waals surface area contributed by atoms with E-state index in [1.165, 1.54) is 0 Å². The normalized spacial score (nSPS) is 25.2. The minimum absolute atomic E-state index is 0.00305. The fourth-order valence-corrected chi connectivity index (χ4v) is 2.72. The number of sulfonamides is 1. The Bertz CT molecular complexity index is 403. The highest BCUT2D eigenvalue weighted by molar-refractivity contribution is 7.88. The lowest BCUT2D eigenvalue weighted by atomic mass is 9.79. The van der Waals surface area contributed by atoms with Crippen LogP contribution in [-0.2, 0) is 14.8 Å². The van der Waals surface area contributed by atoms with Crippen LogP contribution in [0, 0.1) is 23.2 Å². The van der Waals surface area contributed by atoms with Gasteiger partial charge in [-0.25, -0.2) is 13.1 Å². The van der Waals surface area contributed by atoms with Crippen LogP contribution < -0.4 is 4.72 Å². The molecule has 1 aliphatic carbocycles. The molecule has 0 bridgehead atoms. The molecule has 0 amide bonds. The lowest BCUT2D eigenvalue weighted by Gasteiger charge is -2.27. The van der Waals surface area contributed by atoms with Crippen LogP contribution >= 0.6 is 0 Å². The van der Waals surface area contributed by atoms with E-state index in [2.05, 4.69) is 4.72 Å². The van der Waals surface area contributed by atoms with E-state index in [1.807, 2.05) is 6.07 Å². The second-order valence-corrected chi connectivity index (χ2v) is 6.47. The van der Waals surface area contributed by atoms with E-state index in [4.69, 9.17) is 5.26 Å². The number of hydrogen-bond donors (Lipinski definition) is 1. The summed E-state index contributed by atoms with van der Waals surface area (Å²) in [5.41, 5.74) is 0. The summed E-state index contributed by atoms with van der Waals surface area (Å²) in [5, 5.41) is 8.45. The predicted molar refractivity (Wildman–Crippen MR) is 63.5 cm³/mol. The van der Waals surface area contributed by atoms with E-state index in [0.29, 0.717) is 12.5 Å². The monoisotopic (exact) mass is 258 g/mol. The van der Waals surface area contributed by atoms with Gasteiger partial charge in [0.1, 0.15) is 5.78 Å². The molecule has 0 spiro atoms. The van der Waals surface area contributed by atoms with E-state index in [0.717, 1.165) is 31.9 Å². The van der Waals surface area contributed by atoms with Crippen molar-refractivity contribution >= 4 is 15.8 Å². The maximum Gasteiger partial charge on any atom is 0.208 e. The van der Waals surface area contributed by atoms with E-state index in [-0.39, 0.29) is 18.1 Å². The zero-order valence-electron chi connectivity index (χ0n) is 9.98. The van der Waals surface area contributed by atoms with Crippen molar-refractivity contribution in [3.05, 3.63) is 0 Å². The third-order valence-electron chi connectivity index (χ3n) is 3.19. The summed E-state index contributed by atoms with van der Waals surface area (Å²) in [7, 11) is -3.12. The molecule has 0 aromatic rings. The number of carbonyl (C=O) groups is 1. The Hall–Kier alpha value is -0.930. The first-order chi connectivity index (χ1) is 7.92. The molecule has 0 atom stereocenters. The van der Waals surface area contributed by atoms with Crippen LogP contribution in [0.1, 0.15) is 32.1 Å². The quantitative estimate of drug-likeness (QED) is 0.791. The summed E-state index contributed by atoms with van der Waals surface area (Å²) in [6.07, 6.45) is 4.40. The molecule has 96 valence electrons. The molecule has 17 heavy (non-hydrogen) atoms. The van der Waals surface area contributed by atoms with Crippen molar-refractivity contribution in [2.75, 3.05) is 12.8 Å². The maximum absolute atomic E-state index is 11.5. The van der Waals surface area contributed by atoms with Crippen LogP contribution in [0.5, 0.6) is 0 Å². The van der Waals surface area contributed by atoms with Crippen LogP contribution in [0.15, 0.2) is 0 Å². The smallest absolute Gasteiger partial charge is 0.208 e. The summed E-state index contributed by atoms with van der Waals surface area (Å²) in [6.45, 7) is 0.456. The minimum atomic E-state index is -3.12. The van der Waals surface area contributed by atoms with Crippen LogP contribution in [0.25, 0.3) is 0 Å². The molecule has 1 fully saturated rings. The highest BCUT2D eigenvalue weighted by atomic mass is 32.2. The van der Waals surface area contributed by atoms with Gasteiger partial charge in [-0.15, -0.1) is 0 Å². The second kappa shape index (κ2) is 6.12. The molecule has 1 N–H and O–H groups in total. The Morgan fingerprint density at radius 3 is 2.41 bits per heavy atom. The van der Waals surface area contributed by atoms with E-state index >= 15 is 0 Å². The number of nitrogens with zero attached hydrogens (tertiary/aromatic N) is 1. The number of nitriles is 1. The first-order valence-electron chi connectivity index (χ1n) is 5.76. The summed E-state index contributed by atoms with van der Waals surface area (Å²) in [5.74, 6) is 0.349. The molecule has 0 radical (unpaired) electrons. The molecule has 0 heterocycles. The van der Waals surface area contributed by atoms with Gasteiger partial charge in [-0.05, 0) is 31.6 Å². The van der Waals surface area contributed by atoms with Gasteiger partial charge < -0.3 is 0 Å². The molecule has 0 aromatic heterocycles. The highest BCUT2D eigenvalue weighted by Crippen LogP contribution is 2.29. The third-order valence-corrected chi connectivity index (χ3v) is 3.88. The standard InChI is InChI=1S/C11H18N2O3S/c1-17(15,16)13-8-9-2-4-10(5-3-9)11(14)6-7-12/h9-10,13H,2-6,8H2,1H3. The minimum Gasteiger partial charge on any atom is -0.298 e. The average Bonchev–Trinajstić information content (AvgIpc) is 2.26. The van der Waals surface area contributed by atoms with Gasteiger partial charge in [-0.1, -0.05) is 0 Å². The first-order valence-corrected chi connectivity index (χ1v) is 7.66. The Kier molecular flexibility index (Phi) is 5.09. The zero-order chi connectivity index (χ0) is 12.9. The van der Waals surface area contributed by atoms with E-state index in [9.17, 15) is 13.2 Å². The van der Waals surface area contributed by atoms with Crippen molar-refractivity contribution in [1.82, 2.24) is 4.72 Å². The number of carbonyl (C=O) groups excluding carboxylic acids is 1. The molecular weight excluding hydrogens is 240 g/mol. The molecule has 6 heteroatoms. The van der Waals surface area contributed by atoms with Crippen LogP contribution in [0.2, 0.25) is 0 Å². The van der Waals surface area contributed by atoms with Gasteiger partial charge in [-0.3, -0.25) is 4.79 Å². The Morgan fingerprint density at radius 2 is 1.94 bits per heavy atom. The summed E-state index contributed by atoms with van der Waals surface area (Å²) in [4.78, 5) is 11.5. The van der Waals surface area contributed by atoms with Crippen molar-refractivity contribution in [1.29, 1.82) is 5.26 Å². The number of hydrogen-bond acceptors (Lipinski definition) is 4. The maximum atomic E-state index is 11.5. The largest absolute Gasteiger partial charge is 0.298 e. The van der Waals surface area contributed by atoms with Gasteiger partial charge in [0.05, 0.1) is 18.7 Å². The van der Waals surface area contributed by atoms with Crippen LogP contribution in [0.3, 0.4) is 0 Å². The average molecular weight is 258 g/mol. The summed E-state index contributed by atoms with van der Waals surface area (Å²) < 4.78 is 24.4. The fraction of sp³-hybridized carbons (Fsp3) is 0.818. The third kappa shape index (κ3) is 5.29. The number of ketones is 1. The van der Waals surface area contributed by atoms with Crippen molar-refractivity contribution in [2.24, 2.45) is 11.8 Å². The SMILES string of the molecule is CS(=O)(=O)NCC1CCC(C(=O)CC#N)CC1. The van der Waals surface area contributed by atoms with Crippen molar-refractivity contribution in [3.8, 4) is 6.07 Å². The fourth-order valence-electron chi connectivity index (χ4n) is 2.18. The van der Waals surface area contributed by atoms with Crippen molar-refractivity contribution in [3.63, 3.8) is 0 Å². The second-order valence-electron chi connectivity index (χ2n) is 4.64. The Morgan fingerprint density at radius 1 is 1.35 bits per heavy atom. The van der Waals surface area contributed by atoms with Gasteiger partial charge in [0.25, 0.3) is 0 Å². The molecule has 1 rings (SSSR count). The predicted octanol–water partition coefficient (Wildman–Crippen LogP) is 0.825. The lowest BCUT2D eigenvalue weighted by Crippen LogP contribution is -2.31. The van der Waals surface area contributed by atoms with Crippen molar-refractivity contribution in [2.45, 2.75) is 32.1 Å².